The molecule has 6 nitrogen and oxygen atoms in total. The molecule has 134 valence electrons. The third-order valence-corrected chi connectivity index (χ3v) is 5.49. The molecule has 0 aliphatic heterocycles. The summed E-state index contributed by atoms with van der Waals surface area (Å²) < 4.78 is 60.4. The molecule has 0 amide bonds. The Labute approximate surface area is 152 Å². The Hall–Kier alpha value is -1.72. The first-order valence-corrected chi connectivity index (χ1v) is 10.6. The maximum atomic E-state index is 13.5. The van der Waals surface area contributed by atoms with Crippen LogP contribution in [0.2, 0.25) is 0 Å². The highest BCUT2D eigenvalue weighted by Gasteiger charge is 2.19. The van der Waals surface area contributed by atoms with E-state index < -0.39 is 37.7 Å². The predicted molar refractivity (Wildman–Crippen MR) is 96.4 cm³/mol. The van der Waals surface area contributed by atoms with Gasteiger partial charge >= 0.3 is 0 Å². The van der Waals surface area contributed by atoms with Gasteiger partial charge in [-0.3, -0.25) is 8.51 Å². The van der Waals surface area contributed by atoms with E-state index in [4.69, 9.17) is 5.14 Å². The zero-order chi connectivity index (χ0) is 18.6. The van der Waals surface area contributed by atoms with E-state index in [0.717, 1.165) is 29.3 Å². The number of sulfonamides is 1. The molecule has 0 spiro atoms. The van der Waals surface area contributed by atoms with Crippen molar-refractivity contribution >= 4 is 44.8 Å². The summed E-state index contributed by atoms with van der Waals surface area (Å²) in [5.41, 5.74) is 0.287. The fourth-order valence-corrected chi connectivity index (χ4v) is 3.63. The Morgan fingerprint density at radius 3 is 2.40 bits per heavy atom. The molecule has 1 unspecified atom stereocenters. The second kappa shape index (κ2) is 8.11. The summed E-state index contributed by atoms with van der Waals surface area (Å²) >= 11 is -1.33. The van der Waals surface area contributed by atoms with Crippen LogP contribution in [0.1, 0.15) is 5.56 Å². The van der Waals surface area contributed by atoms with Gasteiger partial charge in [0.05, 0.1) is 17.0 Å². The highest BCUT2D eigenvalue weighted by Crippen LogP contribution is 2.27. The van der Waals surface area contributed by atoms with Crippen LogP contribution in [0.3, 0.4) is 0 Å². The quantitative estimate of drug-likeness (QED) is 0.591. The number of nitrogens with two attached hydrogens (primary N) is 1. The Morgan fingerprint density at radius 1 is 1.24 bits per heavy atom. The van der Waals surface area contributed by atoms with Crippen molar-refractivity contribution < 1.29 is 21.6 Å². The number of nitrogens with zero attached hydrogens (tertiary/aromatic N) is 1. The van der Waals surface area contributed by atoms with E-state index in [1.807, 2.05) is 18.4 Å². The standard InChI is InChI=1S/C15H15FN2O4S3/c1-23-13-5-2-11(3-6-13)8-9-18(24(19)20)14-10-12(16)4-7-15(14)25(17,21)22/h2-10H,1H3,(H,19,20)(H2,17,21,22)/p-1. The number of hydrogen-bond acceptors (Lipinski definition) is 5. The van der Waals surface area contributed by atoms with Gasteiger partial charge in [-0.2, -0.15) is 0 Å². The number of rotatable bonds is 6. The summed E-state index contributed by atoms with van der Waals surface area (Å²) in [7, 11) is -4.24. The lowest BCUT2D eigenvalue weighted by Gasteiger charge is -2.24. The number of primary sulfonamides is 1. The van der Waals surface area contributed by atoms with Gasteiger partial charge in [-0.1, -0.05) is 12.1 Å². The molecule has 0 aromatic heterocycles. The predicted octanol–water partition coefficient (Wildman–Crippen LogP) is 2.47. The van der Waals surface area contributed by atoms with Gasteiger partial charge in [0, 0.05) is 11.1 Å². The molecule has 0 aliphatic carbocycles. The number of halogens is 1. The molecule has 2 N–H and O–H groups in total. The van der Waals surface area contributed by atoms with E-state index in [0.29, 0.717) is 9.87 Å². The van der Waals surface area contributed by atoms with Crippen LogP contribution in [0.15, 0.2) is 58.5 Å². The van der Waals surface area contributed by atoms with Crippen molar-refractivity contribution in [2.45, 2.75) is 9.79 Å². The van der Waals surface area contributed by atoms with Crippen LogP contribution in [0.4, 0.5) is 10.1 Å². The van der Waals surface area contributed by atoms with Crippen LogP contribution >= 0.6 is 11.8 Å². The number of thioether (sulfide) groups is 1. The van der Waals surface area contributed by atoms with Crippen molar-refractivity contribution in [3.63, 3.8) is 0 Å². The zero-order valence-corrected chi connectivity index (χ0v) is 15.4. The lowest BCUT2D eigenvalue weighted by Crippen LogP contribution is -2.23. The molecule has 0 bridgehead atoms. The van der Waals surface area contributed by atoms with Crippen molar-refractivity contribution in [1.29, 1.82) is 0 Å². The smallest absolute Gasteiger partial charge is 0.240 e. The Balaban J connectivity index is 2.46. The lowest BCUT2D eigenvalue weighted by molar-refractivity contribution is 0.536. The fraction of sp³-hybridized carbons (Fsp3) is 0.0667. The molecular weight excluding hydrogens is 387 g/mol. The van der Waals surface area contributed by atoms with Gasteiger partial charge in [0.15, 0.2) is 0 Å². The summed E-state index contributed by atoms with van der Waals surface area (Å²) in [5, 5.41) is 5.08. The highest BCUT2D eigenvalue weighted by molar-refractivity contribution is 7.98. The third-order valence-electron chi connectivity index (χ3n) is 3.14. The van der Waals surface area contributed by atoms with Crippen LogP contribution in [0, 0.1) is 5.82 Å². The fourth-order valence-electron chi connectivity index (χ4n) is 1.98. The second-order valence-corrected chi connectivity index (χ2v) is 8.03. The first-order chi connectivity index (χ1) is 11.7. The summed E-state index contributed by atoms with van der Waals surface area (Å²) in [4.78, 5) is 0.531. The molecule has 0 saturated carbocycles. The van der Waals surface area contributed by atoms with Gasteiger partial charge in [0.25, 0.3) is 0 Å². The summed E-state index contributed by atoms with van der Waals surface area (Å²) in [6, 6.07) is 9.82. The normalized spacial score (nSPS) is 13.1. The molecule has 25 heavy (non-hydrogen) atoms. The van der Waals surface area contributed by atoms with Gasteiger partial charge in [-0.15, -0.1) is 11.8 Å². The summed E-state index contributed by atoms with van der Waals surface area (Å²) in [6.45, 7) is 0. The maximum Gasteiger partial charge on any atom is 0.240 e. The largest absolute Gasteiger partial charge is 0.755 e. The SMILES string of the molecule is CSc1ccc(C=CN(c2cc(F)ccc2S(N)(=O)=O)S(=O)[O-])cc1. The van der Waals surface area contributed by atoms with E-state index in [-0.39, 0.29) is 0 Å². The molecule has 1 atom stereocenters. The highest BCUT2D eigenvalue weighted by atomic mass is 32.2. The first-order valence-electron chi connectivity index (χ1n) is 6.75. The molecule has 2 aromatic carbocycles. The molecule has 2 aromatic rings. The van der Waals surface area contributed by atoms with Crippen molar-refractivity contribution in [2.75, 3.05) is 10.6 Å². The molecule has 0 fully saturated rings. The third kappa shape index (κ3) is 5.13. The Morgan fingerprint density at radius 2 is 1.88 bits per heavy atom. The number of anilines is 1. The minimum atomic E-state index is -4.24. The minimum Gasteiger partial charge on any atom is -0.755 e. The summed E-state index contributed by atoms with van der Waals surface area (Å²) in [6.07, 6.45) is 4.50. The van der Waals surface area contributed by atoms with Crippen molar-refractivity contribution in [3.05, 3.63) is 60.0 Å². The maximum absolute atomic E-state index is 13.5. The van der Waals surface area contributed by atoms with E-state index in [2.05, 4.69) is 0 Å². The van der Waals surface area contributed by atoms with Gasteiger partial charge in [-0.25, -0.2) is 17.9 Å². The van der Waals surface area contributed by atoms with E-state index in [1.54, 1.807) is 23.9 Å². The molecule has 0 radical (unpaired) electrons. The van der Waals surface area contributed by atoms with Crippen LogP contribution in [-0.4, -0.2) is 23.4 Å². The minimum absolute atomic E-state index is 0.396. The molecule has 0 heterocycles. The molecule has 0 aliphatic rings. The zero-order valence-electron chi connectivity index (χ0n) is 13.0. The lowest BCUT2D eigenvalue weighted by atomic mass is 10.2. The van der Waals surface area contributed by atoms with Crippen LogP contribution in [-0.2, 0) is 21.3 Å². The average molecular weight is 401 g/mol. The summed E-state index contributed by atoms with van der Waals surface area (Å²) in [5.74, 6) is -0.796. The second-order valence-electron chi connectivity index (χ2n) is 4.79. The molecule has 2 rings (SSSR count). The molecule has 0 saturated heterocycles. The first kappa shape index (κ1) is 19.6. The topological polar surface area (TPSA) is 104 Å². The van der Waals surface area contributed by atoms with Gasteiger partial charge in [0.1, 0.15) is 10.7 Å². The van der Waals surface area contributed by atoms with Gasteiger partial charge in [0.2, 0.25) is 10.0 Å². The molecule has 10 heteroatoms. The monoisotopic (exact) mass is 401 g/mol. The van der Waals surface area contributed by atoms with E-state index >= 15 is 0 Å². The average Bonchev–Trinajstić information content (AvgIpc) is 2.54. The van der Waals surface area contributed by atoms with Crippen LogP contribution in [0.25, 0.3) is 6.08 Å². The van der Waals surface area contributed by atoms with Crippen LogP contribution < -0.4 is 9.44 Å². The Kier molecular flexibility index (Phi) is 6.36. The van der Waals surface area contributed by atoms with Crippen molar-refractivity contribution in [2.24, 2.45) is 5.14 Å². The van der Waals surface area contributed by atoms with Crippen molar-refractivity contribution in [3.8, 4) is 0 Å². The van der Waals surface area contributed by atoms with E-state index in [1.165, 1.54) is 6.08 Å². The number of benzene rings is 2. The Bertz CT molecular complexity index is 915. The van der Waals surface area contributed by atoms with Crippen molar-refractivity contribution in [1.82, 2.24) is 0 Å². The van der Waals surface area contributed by atoms with Crippen LogP contribution in [0.5, 0.6) is 0 Å². The van der Waals surface area contributed by atoms with Gasteiger partial charge < -0.3 is 4.55 Å². The number of hydrogen-bond donors (Lipinski definition) is 1. The van der Waals surface area contributed by atoms with E-state index in [9.17, 15) is 21.6 Å². The molecular formula is C15H14FN2O4S3-. The van der Waals surface area contributed by atoms with Gasteiger partial charge in [-0.05, 0) is 48.2 Å².